The van der Waals surface area contributed by atoms with Gasteiger partial charge in [-0.15, -0.1) is 0 Å². The Morgan fingerprint density at radius 2 is 1.92 bits per heavy atom. The smallest absolute Gasteiger partial charge is 0.303 e. The lowest BCUT2D eigenvalue weighted by Gasteiger charge is -2.17. The van der Waals surface area contributed by atoms with E-state index in [0.29, 0.717) is 6.42 Å². The fourth-order valence-electron chi connectivity index (χ4n) is 2.28. The molecule has 1 heterocycles. The number of nitrogens with two attached hydrogens (primary N) is 1. The van der Waals surface area contributed by atoms with Crippen molar-refractivity contribution in [2.75, 3.05) is 0 Å². The molecule has 1 unspecified atom stereocenters. The summed E-state index contributed by atoms with van der Waals surface area (Å²) in [7, 11) is -4.04. The van der Waals surface area contributed by atoms with Crippen molar-refractivity contribution in [1.82, 2.24) is 5.32 Å². The Labute approximate surface area is 144 Å². The molecule has 134 valence electrons. The van der Waals surface area contributed by atoms with Gasteiger partial charge in [0, 0.05) is 18.5 Å². The molecule has 0 spiro atoms. The molecule has 0 bridgehead atoms. The zero-order valence-corrected chi connectivity index (χ0v) is 14.0. The van der Waals surface area contributed by atoms with E-state index in [2.05, 4.69) is 5.32 Å². The molecule has 1 aromatic heterocycles. The highest BCUT2D eigenvalue weighted by Gasteiger charge is 2.20. The Kier molecular flexibility index (Phi) is 5.94. The number of rotatable bonds is 8. The fourth-order valence-corrected chi connectivity index (χ4v) is 2.75. The minimum Gasteiger partial charge on any atom is -0.481 e. The minimum atomic E-state index is -4.04. The molecule has 2 rings (SSSR count). The second kappa shape index (κ2) is 7.95. The van der Waals surface area contributed by atoms with Crippen LogP contribution in [0.4, 0.5) is 0 Å². The van der Waals surface area contributed by atoms with Gasteiger partial charge in [-0.25, -0.2) is 13.6 Å². The van der Waals surface area contributed by atoms with Gasteiger partial charge in [0.1, 0.15) is 6.26 Å². The van der Waals surface area contributed by atoms with Crippen LogP contribution in [0.25, 0.3) is 0 Å². The van der Waals surface area contributed by atoms with Gasteiger partial charge in [0.15, 0.2) is 0 Å². The van der Waals surface area contributed by atoms with Crippen LogP contribution in [0.3, 0.4) is 0 Å². The third-order valence-electron chi connectivity index (χ3n) is 3.48. The number of carbonyl (C=O) groups excluding carboxylic acids is 1. The Morgan fingerprint density at radius 3 is 2.48 bits per heavy atom. The van der Waals surface area contributed by atoms with Gasteiger partial charge in [0.05, 0.1) is 5.56 Å². The molecule has 4 N–H and O–H groups in total. The van der Waals surface area contributed by atoms with Crippen molar-refractivity contribution in [3.63, 3.8) is 0 Å². The van der Waals surface area contributed by atoms with Gasteiger partial charge in [-0.3, -0.25) is 9.59 Å². The summed E-state index contributed by atoms with van der Waals surface area (Å²) < 4.78 is 27.2. The zero-order chi connectivity index (χ0) is 18.4. The molecule has 0 saturated heterocycles. The first kappa shape index (κ1) is 18.7. The van der Waals surface area contributed by atoms with Crippen LogP contribution < -0.4 is 10.5 Å². The van der Waals surface area contributed by atoms with E-state index in [1.807, 2.05) is 30.3 Å². The quantitative estimate of drug-likeness (QED) is 0.640. The summed E-state index contributed by atoms with van der Waals surface area (Å²) in [5.41, 5.74) is 0.938. The number of amides is 1. The third-order valence-corrected chi connectivity index (χ3v) is 4.26. The molecule has 2 aromatic rings. The molecule has 9 heteroatoms. The van der Waals surface area contributed by atoms with Crippen molar-refractivity contribution < 1.29 is 27.5 Å². The normalized spacial score (nSPS) is 12.5. The van der Waals surface area contributed by atoms with Crippen molar-refractivity contribution in [1.29, 1.82) is 0 Å². The number of nitrogens with one attached hydrogen (secondary N) is 1. The van der Waals surface area contributed by atoms with Crippen LogP contribution in [-0.2, 0) is 21.2 Å². The summed E-state index contributed by atoms with van der Waals surface area (Å²) in [6.45, 7) is 0. The second-order valence-corrected chi connectivity index (χ2v) is 6.98. The molecular formula is C16H18N2O6S. The van der Waals surface area contributed by atoms with Crippen molar-refractivity contribution in [2.24, 2.45) is 5.14 Å². The Morgan fingerprint density at radius 1 is 1.24 bits per heavy atom. The zero-order valence-electron chi connectivity index (χ0n) is 13.2. The van der Waals surface area contributed by atoms with Gasteiger partial charge in [-0.05, 0) is 18.4 Å². The SMILES string of the molecule is NS(=O)(=O)c1cc(C(=O)NC(CCC(=O)O)Cc2ccccc2)co1. The number of hydrogen-bond donors (Lipinski definition) is 3. The average Bonchev–Trinajstić information content (AvgIpc) is 3.04. The Balaban J connectivity index is 2.10. The predicted molar refractivity (Wildman–Crippen MR) is 88.4 cm³/mol. The average molecular weight is 366 g/mol. The number of hydrogen-bond acceptors (Lipinski definition) is 5. The van der Waals surface area contributed by atoms with Gasteiger partial charge < -0.3 is 14.8 Å². The third kappa shape index (κ3) is 5.73. The maximum Gasteiger partial charge on any atom is 0.303 e. The summed E-state index contributed by atoms with van der Waals surface area (Å²) in [5, 5.41) is 16.0. The highest BCUT2D eigenvalue weighted by Crippen LogP contribution is 2.14. The first-order chi connectivity index (χ1) is 11.8. The standard InChI is InChI=1S/C16H18N2O6S/c17-25(22,23)15-9-12(10-24-15)16(21)18-13(6-7-14(19)20)8-11-4-2-1-3-5-11/h1-5,9-10,13H,6-8H2,(H,18,21)(H,19,20)(H2,17,22,23). The number of carboxylic acids is 1. The monoisotopic (exact) mass is 366 g/mol. The van der Waals surface area contributed by atoms with Gasteiger partial charge in [-0.1, -0.05) is 30.3 Å². The number of carboxylic acid groups (broad SMARTS) is 1. The topological polar surface area (TPSA) is 140 Å². The van der Waals surface area contributed by atoms with E-state index in [-0.39, 0.29) is 18.4 Å². The van der Waals surface area contributed by atoms with Crippen LogP contribution in [0.5, 0.6) is 0 Å². The summed E-state index contributed by atoms with van der Waals surface area (Å²) in [4.78, 5) is 23.1. The molecule has 1 aromatic carbocycles. The molecule has 0 aliphatic rings. The minimum absolute atomic E-state index is 0.00240. The lowest BCUT2D eigenvalue weighted by atomic mass is 10.0. The van der Waals surface area contributed by atoms with Gasteiger partial charge in [-0.2, -0.15) is 0 Å². The van der Waals surface area contributed by atoms with E-state index >= 15 is 0 Å². The maximum atomic E-state index is 12.3. The molecule has 0 fully saturated rings. The van der Waals surface area contributed by atoms with Gasteiger partial charge >= 0.3 is 5.97 Å². The maximum absolute atomic E-state index is 12.3. The summed E-state index contributed by atoms with van der Waals surface area (Å²) in [6.07, 6.45) is 1.56. The van der Waals surface area contributed by atoms with Crippen molar-refractivity contribution in [3.05, 3.63) is 53.8 Å². The van der Waals surface area contributed by atoms with Crippen LogP contribution in [0.2, 0.25) is 0 Å². The molecule has 0 aliphatic carbocycles. The molecule has 25 heavy (non-hydrogen) atoms. The van der Waals surface area contributed by atoms with Gasteiger partial charge in [0.25, 0.3) is 15.9 Å². The largest absolute Gasteiger partial charge is 0.481 e. The van der Waals surface area contributed by atoms with Crippen LogP contribution >= 0.6 is 0 Å². The van der Waals surface area contributed by atoms with E-state index in [1.54, 1.807) is 0 Å². The Bertz CT molecular complexity index is 845. The molecule has 0 radical (unpaired) electrons. The highest BCUT2D eigenvalue weighted by atomic mass is 32.2. The van der Waals surface area contributed by atoms with E-state index in [1.165, 1.54) is 0 Å². The van der Waals surface area contributed by atoms with Crippen LogP contribution in [0.1, 0.15) is 28.8 Å². The van der Waals surface area contributed by atoms with E-state index < -0.39 is 33.0 Å². The molecule has 0 aliphatic heterocycles. The number of sulfonamides is 1. The molecular weight excluding hydrogens is 348 g/mol. The van der Waals surface area contributed by atoms with Crippen molar-refractivity contribution in [2.45, 2.75) is 30.4 Å². The van der Waals surface area contributed by atoms with Crippen LogP contribution in [0, 0.1) is 0 Å². The number of primary sulfonamides is 1. The van der Waals surface area contributed by atoms with Crippen LogP contribution in [-0.4, -0.2) is 31.4 Å². The van der Waals surface area contributed by atoms with Crippen LogP contribution in [0.15, 0.2) is 52.2 Å². The second-order valence-electron chi connectivity index (χ2n) is 5.49. The lowest BCUT2D eigenvalue weighted by molar-refractivity contribution is -0.137. The molecule has 1 amide bonds. The van der Waals surface area contributed by atoms with E-state index in [0.717, 1.165) is 17.9 Å². The molecule has 0 saturated carbocycles. The summed E-state index contributed by atoms with van der Waals surface area (Å²) in [6, 6.07) is 9.89. The fraction of sp³-hybridized carbons (Fsp3) is 0.250. The highest BCUT2D eigenvalue weighted by molar-refractivity contribution is 7.89. The van der Waals surface area contributed by atoms with Crippen molar-refractivity contribution >= 4 is 21.9 Å². The lowest BCUT2D eigenvalue weighted by Crippen LogP contribution is -2.36. The first-order valence-corrected chi connectivity index (χ1v) is 8.98. The number of furan rings is 1. The Hall–Kier alpha value is -2.65. The summed E-state index contributed by atoms with van der Waals surface area (Å²) in [5.74, 6) is -1.53. The van der Waals surface area contributed by atoms with E-state index in [9.17, 15) is 18.0 Å². The molecule has 8 nitrogen and oxygen atoms in total. The number of aliphatic carboxylic acids is 1. The first-order valence-electron chi connectivity index (χ1n) is 7.43. The molecule has 1 atom stereocenters. The predicted octanol–water partition coefficient (Wildman–Crippen LogP) is 1.13. The van der Waals surface area contributed by atoms with E-state index in [4.69, 9.17) is 14.7 Å². The number of carbonyl (C=O) groups is 2. The van der Waals surface area contributed by atoms with Gasteiger partial charge in [0.2, 0.25) is 5.09 Å². The number of benzene rings is 1. The van der Waals surface area contributed by atoms with Crippen molar-refractivity contribution in [3.8, 4) is 0 Å². The summed E-state index contributed by atoms with van der Waals surface area (Å²) >= 11 is 0.